The minimum absolute atomic E-state index is 0.560. The number of fused-ring (bicyclic) bond motifs is 1. The van der Waals surface area contributed by atoms with Crippen molar-refractivity contribution in [2.75, 3.05) is 19.6 Å². The molecule has 2 aliphatic heterocycles. The van der Waals surface area contributed by atoms with E-state index in [-0.39, 0.29) is 0 Å². The summed E-state index contributed by atoms with van der Waals surface area (Å²) in [6.07, 6.45) is 0.182. The van der Waals surface area contributed by atoms with E-state index in [1.54, 1.807) is 13.0 Å². The first-order chi connectivity index (χ1) is 13.0. The second-order valence-electron chi connectivity index (χ2n) is 7.62. The lowest BCUT2D eigenvalue weighted by Crippen LogP contribution is -2.58. The molecule has 4 N–H and O–H groups in total. The van der Waals surface area contributed by atoms with Crippen LogP contribution in [0.3, 0.4) is 0 Å². The van der Waals surface area contributed by atoms with Crippen molar-refractivity contribution < 1.29 is 24.8 Å². The summed E-state index contributed by atoms with van der Waals surface area (Å²) >= 11 is 0. The van der Waals surface area contributed by atoms with E-state index in [1.165, 1.54) is 31.5 Å². The summed E-state index contributed by atoms with van der Waals surface area (Å²) in [4.78, 5) is 5.78. The van der Waals surface area contributed by atoms with Crippen molar-refractivity contribution in [2.45, 2.75) is 56.9 Å². The molecule has 148 valence electrons. The van der Waals surface area contributed by atoms with E-state index in [0.717, 1.165) is 23.9 Å². The monoisotopic (exact) mass is 376 g/mol. The van der Waals surface area contributed by atoms with Crippen LogP contribution in [0.5, 0.6) is 5.75 Å². The van der Waals surface area contributed by atoms with Crippen molar-refractivity contribution >= 4 is 10.9 Å². The van der Waals surface area contributed by atoms with Crippen molar-refractivity contribution in [3.8, 4) is 5.75 Å². The Hall–Kier alpha value is -1.64. The predicted molar refractivity (Wildman–Crippen MR) is 101 cm³/mol. The van der Waals surface area contributed by atoms with Gasteiger partial charge in [0.1, 0.15) is 24.1 Å². The lowest BCUT2D eigenvalue weighted by molar-refractivity contribution is -0.268. The zero-order chi connectivity index (χ0) is 19.0. The third-order valence-corrected chi connectivity index (χ3v) is 5.70. The highest BCUT2D eigenvalue weighted by Gasteiger charge is 2.43. The largest absolute Gasteiger partial charge is 0.462 e. The van der Waals surface area contributed by atoms with Crippen LogP contribution in [0.4, 0.5) is 0 Å². The van der Waals surface area contributed by atoms with Gasteiger partial charge in [-0.2, -0.15) is 0 Å². The van der Waals surface area contributed by atoms with Gasteiger partial charge in [0.05, 0.1) is 6.10 Å². The first-order valence-electron chi connectivity index (χ1n) is 9.71. The van der Waals surface area contributed by atoms with Gasteiger partial charge in [0.25, 0.3) is 0 Å². The Bertz CT molecular complexity index is 773. The normalized spacial score (nSPS) is 32.2. The maximum atomic E-state index is 10.1. The van der Waals surface area contributed by atoms with Gasteiger partial charge in [-0.05, 0) is 63.0 Å². The lowest BCUT2D eigenvalue weighted by atomic mass is 10.00. The Kier molecular flexibility index (Phi) is 5.39. The quantitative estimate of drug-likeness (QED) is 0.622. The zero-order valence-corrected chi connectivity index (χ0v) is 15.5. The Balaban J connectivity index is 1.48. The molecule has 2 saturated heterocycles. The van der Waals surface area contributed by atoms with Crippen LogP contribution in [0.2, 0.25) is 0 Å². The van der Waals surface area contributed by atoms with Gasteiger partial charge in [0, 0.05) is 23.6 Å². The fourth-order valence-electron chi connectivity index (χ4n) is 3.97. The maximum absolute atomic E-state index is 10.1. The van der Waals surface area contributed by atoms with E-state index in [1.807, 2.05) is 18.3 Å². The van der Waals surface area contributed by atoms with Crippen LogP contribution in [-0.4, -0.2) is 75.5 Å². The van der Waals surface area contributed by atoms with E-state index in [0.29, 0.717) is 5.75 Å². The third kappa shape index (κ3) is 3.83. The van der Waals surface area contributed by atoms with Gasteiger partial charge in [-0.3, -0.25) is 0 Å². The molecule has 2 aromatic rings. The molecule has 0 saturated carbocycles. The SMILES string of the molecule is CC1OC(Oc2ccc3[nH]cc(CCN4CCCC4)c3c2)C(O)C(O)C1O. The number of nitrogens with one attached hydrogen (secondary N) is 1. The number of rotatable bonds is 5. The van der Waals surface area contributed by atoms with Crippen molar-refractivity contribution in [2.24, 2.45) is 0 Å². The summed E-state index contributed by atoms with van der Waals surface area (Å²) in [5, 5.41) is 31.0. The summed E-state index contributed by atoms with van der Waals surface area (Å²) < 4.78 is 11.3. The van der Waals surface area contributed by atoms with Crippen LogP contribution in [0.1, 0.15) is 25.3 Å². The number of aliphatic hydroxyl groups is 3. The molecule has 0 radical (unpaired) electrons. The van der Waals surface area contributed by atoms with Crippen LogP contribution in [0, 0.1) is 0 Å². The molecular formula is C20H28N2O5. The van der Waals surface area contributed by atoms with Crippen LogP contribution in [0.15, 0.2) is 24.4 Å². The number of nitrogens with zero attached hydrogens (tertiary/aromatic N) is 1. The van der Waals surface area contributed by atoms with Crippen LogP contribution in [-0.2, 0) is 11.2 Å². The molecule has 0 bridgehead atoms. The number of hydrogen-bond acceptors (Lipinski definition) is 6. The predicted octanol–water partition coefficient (Wildman–Crippen LogP) is 1.01. The van der Waals surface area contributed by atoms with Gasteiger partial charge < -0.3 is 34.7 Å². The molecule has 7 nitrogen and oxygen atoms in total. The van der Waals surface area contributed by atoms with Gasteiger partial charge in [0.15, 0.2) is 0 Å². The van der Waals surface area contributed by atoms with Gasteiger partial charge >= 0.3 is 0 Å². The topological polar surface area (TPSA) is 98.2 Å². The van der Waals surface area contributed by atoms with E-state index in [2.05, 4.69) is 9.88 Å². The molecule has 27 heavy (non-hydrogen) atoms. The summed E-state index contributed by atoms with van der Waals surface area (Å²) in [5.74, 6) is 0.560. The van der Waals surface area contributed by atoms with Crippen LogP contribution >= 0.6 is 0 Å². The molecule has 5 atom stereocenters. The molecule has 2 aliphatic rings. The standard InChI is InChI=1S/C20H28N2O5/c1-12-17(23)18(24)19(25)20(26-12)27-14-4-5-16-15(10-14)13(11-21-16)6-9-22-7-2-3-8-22/h4-5,10-12,17-21,23-25H,2-3,6-9H2,1H3. The van der Waals surface area contributed by atoms with Crippen molar-refractivity contribution in [1.29, 1.82) is 0 Å². The molecule has 3 heterocycles. The number of aromatic amines is 1. The summed E-state index contributed by atoms with van der Waals surface area (Å²) in [7, 11) is 0. The lowest BCUT2D eigenvalue weighted by Gasteiger charge is -2.38. The van der Waals surface area contributed by atoms with E-state index in [4.69, 9.17) is 9.47 Å². The number of likely N-dealkylation sites (tertiary alicyclic amines) is 1. The molecule has 0 spiro atoms. The molecule has 1 aromatic carbocycles. The Morgan fingerprint density at radius 3 is 2.70 bits per heavy atom. The van der Waals surface area contributed by atoms with Crippen molar-refractivity contribution in [1.82, 2.24) is 9.88 Å². The minimum atomic E-state index is -1.31. The number of ether oxygens (including phenoxy) is 2. The third-order valence-electron chi connectivity index (χ3n) is 5.70. The van der Waals surface area contributed by atoms with Crippen molar-refractivity contribution in [3.63, 3.8) is 0 Å². The second-order valence-corrected chi connectivity index (χ2v) is 7.62. The molecular weight excluding hydrogens is 348 g/mol. The van der Waals surface area contributed by atoms with E-state index >= 15 is 0 Å². The van der Waals surface area contributed by atoms with E-state index in [9.17, 15) is 15.3 Å². The molecule has 2 fully saturated rings. The maximum Gasteiger partial charge on any atom is 0.229 e. The van der Waals surface area contributed by atoms with Gasteiger partial charge in [-0.25, -0.2) is 0 Å². The highest BCUT2D eigenvalue weighted by atomic mass is 16.7. The Labute approximate surface area is 158 Å². The number of benzene rings is 1. The van der Waals surface area contributed by atoms with Gasteiger partial charge in [-0.1, -0.05) is 0 Å². The van der Waals surface area contributed by atoms with Crippen molar-refractivity contribution in [3.05, 3.63) is 30.0 Å². The first kappa shape index (κ1) is 18.7. The summed E-state index contributed by atoms with van der Waals surface area (Å²) in [5.41, 5.74) is 2.27. The van der Waals surface area contributed by atoms with Crippen LogP contribution < -0.4 is 4.74 Å². The molecule has 0 aliphatic carbocycles. The number of aromatic nitrogens is 1. The smallest absolute Gasteiger partial charge is 0.229 e. The zero-order valence-electron chi connectivity index (χ0n) is 15.5. The minimum Gasteiger partial charge on any atom is -0.462 e. The molecule has 5 unspecified atom stereocenters. The molecule has 4 rings (SSSR count). The first-order valence-corrected chi connectivity index (χ1v) is 9.71. The van der Waals surface area contributed by atoms with Crippen LogP contribution in [0.25, 0.3) is 10.9 Å². The average molecular weight is 376 g/mol. The molecule has 7 heteroatoms. The highest BCUT2D eigenvalue weighted by molar-refractivity contribution is 5.84. The van der Waals surface area contributed by atoms with Gasteiger partial charge in [-0.15, -0.1) is 0 Å². The summed E-state index contributed by atoms with van der Waals surface area (Å²) in [6.45, 7) is 5.05. The highest BCUT2D eigenvalue weighted by Crippen LogP contribution is 2.28. The molecule has 1 aromatic heterocycles. The van der Waals surface area contributed by atoms with E-state index < -0.39 is 30.7 Å². The number of H-pyrrole nitrogens is 1. The average Bonchev–Trinajstić information content (AvgIpc) is 3.32. The second kappa shape index (κ2) is 7.77. The number of hydrogen-bond donors (Lipinski definition) is 4. The molecule has 0 amide bonds. The van der Waals surface area contributed by atoms with Gasteiger partial charge in [0.2, 0.25) is 6.29 Å². The Morgan fingerprint density at radius 1 is 1.15 bits per heavy atom. The Morgan fingerprint density at radius 2 is 1.93 bits per heavy atom. The fraction of sp³-hybridized carbons (Fsp3) is 0.600. The number of aliphatic hydroxyl groups excluding tert-OH is 3. The summed E-state index contributed by atoms with van der Waals surface area (Å²) in [6, 6.07) is 5.68. The fourth-order valence-corrected chi connectivity index (χ4v) is 3.97.